The molecule has 0 saturated heterocycles. The fourth-order valence-electron chi connectivity index (χ4n) is 7.35. The van der Waals surface area contributed by atoms with Crippen molar-refractivity contribution in [2.75, 3.05) is 0 Å². The van der Waals surface area contributed by atoms with Crippen LogP contribution in [0.25, 0.3) is 61.8 Å². The van der Waals surface area contributed by atoms with Crippen LogP contribution < -0.4 is 11.0 Å². The first-order chi connectivity index (χ1) is 26.4. The van der Waals surface area contributed by atoms with Crippen molar-refractivity contribution in [2.24, 2.45) is 0 Å². The number of para-hydroxylation sites is 6. The molecule has 54 heavy (non-hydrogen) atoms. The Hall–Kier alpha value is -7.13. The van der Waals surface area contributed by atoms with E-state index in [1.54, 1.807) is 0 Å². The van der Waals surface area contributed by atoms with E-state index in [1.807, 2.05) is 106 Å². The summed E-state index contributed by atoms with van der Waals surface area (Å²) >= 11 is 0. The molecule has 0 saturated carbocycles. The second kappa shape index (κ2) is 12.5. The van der Waals surface area contributed by atoms with Crippen molar-refractivity contribution in [2.45, 2.75) is 40.4 Å². The zero-order valence-electron chi connectivity index (χ0n) is 29.8. The molecule has 1 aliphatic heterocycles. The highest BCUT2D eigenvalue weighted by Gasteiger charge is 2.23. The predicted molar refractivity (Wildman–Crippen MR) is 205 cm³/mol. The molecule has 0 spiro atoms. The number of fused-ring (bicyclic) bond motifs is 3. The van der Waals surface area contributed by atoms with Crippen molar-refractivity contribution in [3.8, 4) is 23.0 Å². The molecule has 1 aliphatic rings. The number of aromatic amines is 3. The summed E-state index contributed by atoms with van der Waals surface area (Å²) in [6, 6.07) is 23.9. The van der Waals surface area contributed by atoms with Crippen LogP contribution in [0.2, 0.25) is 0 Å². The summed E-state index contributed by atoms with van der Waals surface area (Å²) in [6.07, 6.45) is 5.94. The average Bonchev–Trinajstić information content (AvgIpc) is 4.04. The highest BCUT2D eigenvalue weighted by molar-refractivity contribution is 5.80. The lowest BCUT2D eigenvalue weighted by molar-refractivity contribution is 0.263. The smallest absolute Gasteiger partial charge is 0.160 e. The second-order valence-corrected chi connectivity index (χ2v) is 13.6. The highest BCUT2D eigenvalue weighted by atomic mass is 15.7. The van der Waals surface area contributed by atoms with E-state index in [9.17, 15) is 0 Å². The lowest BCUT2D eigenvalue weighted by Crippen LogP contribution is -2.36. The molecule has 0 bridgehead atoms. The van der Waals surface area contributed by atoms with E-state index in [0.717, 1.165) is 55.7 Å². The van der Waals surface area contributed by atoms with Gasteiger partial charge >= 0.3 is 0 Å². The Morgan fingerprint density at radius 2 is 0.944 bits per heavy atom. The second-order valence-electron chi connectivity index (χ2n) is 13.6. The van der Waals surface area contributed by atoms with Crippen LogP contribution in [0.15, 0.2) is 91.4 Å². The van der Waals surface area contributed by atoms with Crippen molar-refractivity contribution >= 4 is 38.8 Å². The van der Waals surface area contributed by atoms with E-state index >= 15 is 0 Å². The number of imidazole rings is 3. The van der Waals surface area contributed by atoms with Gasteiger partial charge in [-0.05, 0) is 90.6 Å². The van der Waals surface area contributed by atoms with Crippen molar-refractivity contribution in [3.63, 3.8) is 0 Å². The predicted octanol–water partition coefficient (Wildman–Crippen LogP) is 5.68. The number of hydrogen-bond donors (Lipinski definition) is 5. The van der Waals surface area contributed by atoms with Crippen LogP contribution in [-0.2, 0) is 19.6 Å². The minimum absolute atomic E-state index is 0.526. The molecule has 0 amide bonds. The molecular weight excluding hydrogens is 679 g/mol. The van der Waals surface area contributed by atoms with E-state index in [4.69, 9.17) is 15.0 Å². The third-order valence-corrected chi connectivity index (χ3v) is 10.3. The maximum Gasteiger partial charge on any atom is 0.160 e. The van der Waals surface area contributed by atoms with Gasteiger partial charge in [0.15, 0.2) is 17.5 Å². The molecule has 0 unspecified atom stereocenters. The number of hydrogen-bond acceptors (Lipinski definition) is 10. The van der Waals surface area contributed by atoms with Crippen LogP contribution in [0.5, 0.6) is 0 Å². The molecule has 266 valence electrons. The van der Waals surface area contributed by atoms with E-state index in [1.165, 1.54) is 22.3 Å². The lowest BCUT2D eigenvalue weighted by Gasteiger charge is -2.25. The minimum Gasteiger partial charge on any atom is -0.337 e. The van der Waals surface area contributed by atoms with Gasteiger partial charge in [-0.2, -0.15) is 0 Å². The Kier molecular flexibility index (Phi) is 7.33. The molecule has 0 fully saturated rings. The normalized spacial score (nSPS) is 13.1. The summed E-state index contributed by atoms with van der Waals surface area (Å²) in [5.41, 5.74) is 21.5. The van der Waals surface area contributed by atoms with Crippen LogP contribution in [-0.4, -0.2) is 64.9 Å². The average molecular weight is 714 g/mol. The Morgan fingerprint density at radius 1 is 0.519 bits per heavy atom. The molecule has 15 nitrogen and oxygen atoms in total. The topological polar surface area (TPSA) is 175 Å². The van der Waals surface area contributed by atoms with Gasteiger partial charge in [0.1, 0.15) is 17.1 Å². The van der Waals surface area contributed by atoms with Crippen molar-refractivity contribution in [1.29, 1.82) is 0 Å². The van der Waals surface area contributed by atoms with Gasteiger partial charge in [0.05, 0.1) is 65.1 Å². The monoisotopic (exact) mass is 713 g/mol. The van der Waals surface area contributed by atoms with Crippen molar-refractivity contribution in [3.05, 3.63) is 131 Å². The van der Waals surface area contributed by atoms with Gasteiger partial charge in [0, 0.05) is 6.20 Å². The first-order valence-electron chi connectivity index (χ1n) is 17.7. The Bertz CT molecular complexity index is 2640. The van der Waals surface area contributed by atoms with Crippen LogP contribution in [0.3, 0.4) is 0 Å². The van der Waals surface area contributed by atoms with Crippen LogP contribution >= 0.6 is 0 Å². The van der Waals surface area contributed by atoms with E-state index in [0.29, 0.717) is 42.7 Å². The first kappa shape index (κ1) is 31.6. The summed E-state index contributed by atoms with van der Waals surface area (Å²) in [5, 5.41) is 20.1. The molecule has 10 rings (SSSR count). The van der Waals surface area contributed by atoms with Crippen molar-refractivity contribution in [1.82, 2.24) is 75.9 Å². The summed E-state index contributed by atoms with van der Waals surface area (Å²) in [4.78, 5) is 24.4. The SMILES string of the molecule is Cc1c(CN2C=C(c3nc4ccccc4[nH]3)NN2)c(C)c(Cn2cc(-c3nc4ccccc4[nH]3)nn2)c(C)c1Cn1cc(-c2nc3ccccc3[nH]2)nn1. The van der Waals surface area contributed by atoms with E-state index in [2.05, 4.69) is 67.3 Å². The Morgan fingerprint density at radius 3 is 1.43 bits per heavy atom. The third-order valence-electron chi connectivity index (χ3n) is 10.3. The minimum atomic E-state index is 0.526. The number of hydrazine groups is 2. The molecule has 9 aromatic rings. The van der Waals surface area contributed by atoms with Crippen LogP contribution in [0, 0.1) is 20.8 Å². The first-order valence-corrected chi connectivity index (χ1v) is 17.7. The standard InChI is InChI=1S/C39H35N15/c1-22-25(16-52-19-34(46-49-52)37-40-28-10-4-5-11-29(28)41-37)23(2)27(18-54-21-36(48-51-54)39-44-32-14-8-9-15-33(32)45-39)24(3)26(22)17-53-20-35(47-50-53)38-42-30-12-6-7-13-31(30)43-38/h4-15,19-21,46,49H,16-18H2,1-3H3,(H,40,41)(H,42,43)(H,44,45). The molecule has 5 aromatic heterocycles. The summed E-state index contributed by atoms with van der Waals surface area (Å²) in [6.45, 7) is 8.20. The quantitative estimate of drug-likeness (QED) is 0.125. The van der Waals surface area contributed by atoms with Gasteiger partial charge in [0.25, 0.3) is 0 Å². The van der Waals surface area contributed by atoms with E-state index < -0.39 is 0 Å². The molecule has 15 heteroatoms. The van der Waals surface area contributed by atoms with Crippen LogP contribution in [0.1, 0.15) is 39.2 Å². The molecule has 4 aromatic carbocycles. The number of rotatable bonds is 9. The number of benzene rings is 4. The summed E-state index contributed by atoms with van der Waals surface area (Å²) in [7, 11) is 0. The van der Waals surface area contributed by atoms with Gasteiger partial charge < -0.3 is 15.0 Å². The van der Waals surface area contributed by atoms with Gasteiger partial charge in [0.2, 0.25) is 0 Å². The van der Waals surface area contributed by atoms with Gasteiger partial charge in [-0.25, -0.2) is 24.3 Å². The zero-order valence-corrected chi connectivity index (χ0v) is 29.8. The number of nitrogens with zero attached hydrogens (tertiary/aromatic N) is 10. The third kappa shape index (κ3) is 5.54. The maximum atomic E-state index is 4.78. The number of nitrogens with one attached hydrogen (secondary N) is 5. The van der Waals surface area contributed by atoms with Crippen LogP contribution in [0.4, 0.5) is 0 Å². The molecule has 6 heterocycles. The molecule has 0 aliphatic carbocycles. The lowest BCUT2D eigenvalue weighted by atomic mass is 9.88. The number of aromatic nitrogens is 12. The van der Waals surface area contributed by atoms with Crippen molar-refractivity contribution < 1.29 is 0 Å². The van der Waals surface area contributed by atoms with Gasteiger partial charge in [-0.15, -0.1) is 15.7 Å². The summed E-state index contributed by atoms with van der Waals surface area (Å²) in [5.74, 6) is 2.14. The van der Waals surface area contributed by atoms with E-state index in [-0.39, 0.29) is 0 Å². The Labute approximate surface area is 308 Å². The summed E-state index contributed by atoms with van der Waals surface area (Å²) < 4.78 is 3.76. The van der Waals surface area contributed by atoms with Gasteiger partial charge in [-0.3, -0.25) is 10.4 Å². The largest absolute Gasteiger partial charge is 0.337 e. The van der Waals surface area contributed by atoms with Gasteiger partial charge in [-0.1, -0.05) is 46.8 Å². The molecular formula is C39H35N15. The fraction of sp³-hybridized carbons (Fsp3) is 0.154. The number of H-pyrrole nitrogens is 3. The maximum absolute atomic E-state index is 4.78. The molecule has 0 radical (unpaired) electrons. The fourth-order valence-corrected chi connectivity index (χ4v) is 7.35. The Balaban J connectivity index is 0.998. The molecule has 5 N–H and O–H groups in total. The zero-order chi connectivity index (χ0) is 36.3. The molecule has 0 atom stereocenters. The highest BCUT2D eigenvalue weighted by Crippen LogP contribution is 2.31.